The van der Waals surface area contributed by atoms with Crippen LogP contribution in [0.3, 0.4) is 0 Å². The molecular formula is C13H20FN3O3S. The number of nitrogens with one attached hydrogen (secondary N) is 2. The van der Waals surface area contributed by atoms with Crippen LogP contribution in [-0.4, -0.2) is 26.9 Å². The fraction of sp³-hybridized carbons (Fsp3) is 0.462. The van der Waals surface area contributed by atoms with Crippen molar-refractivity contribution in [2.45, 2.75) is 31.7 Å². The summed E-state index contributed by atoms with van der Waals surface area (Å²) in [6.45, 7) is 6.04. The summed E-state index contributed by atoms with van der Waals surface area (Å²) in [6.07, 6.45) is 0. The van der Waals surface area contributed by atoms with Crippen LogP contribution in [0.2, 0.25) is 0 Å². The van der Waals surface area contributed by atoms with Crippen molar-refractivity contribution in [2.24, 2.45) is 11.1 Å². The van der Waals surface area contributed by atoms with Crippen molar-refractivity contribution in [1.29, 1.82) is 0 Å². The van der Waals surface area contributed by atoms with Gasteiger partial charge in [0.25, 0.3) is 0 Å². The van der Waals surface area contributed by atoms with Crippen molar-refractivity contribution >= 4 is 21.6 Å². The van der Waals surface area contributed by atoms with Gasteiger partial charge >= 0.3 is 0 Å². The van der Waals surface area contributed by atoms with Gasteiger partial charge in [-0.15, -0.1) is 0 Å². The summed E-state index contributed by atoms with van der Waals surface area (Å²) in [5.41, 5.74) is 0.0367. The van der Waals surface area contributed by atoms with Crippen LogP contribution in [0.1, 0.15) is 20.8 Å². The number of amides is 1. The summed E-state index contributed by atoms with van der Waals surface area (Å²) >= 11 is 0. The standard InChI is InChI=1S/C13H20FN3O3S/c1-8(2)7-16-13(18)9(3)17-12-5-4-10(6-11(12)14)21(15,19)20/h4-6,8-9,17H,7H2,1-3H3,(H,16,18)(H2,15,19,20). The molecule has 0 radical (unpaired) electrons. The molecule has 6 nitrogen and oxygen atoms in total. The molecule has 0 heterocycles. The van der Waals surface area contributed by atoms with Crippen LogP contribution in [0.4, 0.5) is 10.1 Å². The first-order valence-electron chi connectivity index (χ1n) is 6.48. The highest BCUT2D eigenvalue weighted by Crippen LogP contribution is 2.18. The fourth-order valence-corrected chi connectivity index (χ4v) is 2.07. The lowest BCUT2D eigenvalue weighted by Crippen LogP contribution is -2.39. The Hall–Kier alpha value is -1.67. The van der Waals surface area contributed by atoms with Gasteiger partial charge in [0.15, 0.2) is 0 Å². The molecule has 1 aromatic rings. The number of benzene rings is 1. The second kappa shape index (κ2) is 6.86. The molecule has 0 aliphatic rings. The highest BCUT2D eigenvalue weighted by Gasteiger charge is 2.16. The van der Waals surface area contributed by atoms with Gasteiger partial charge in [-0.2, -0.15) is 0 Å². The second-order valence-corrected chi connectivity index (χ2v) is 6.75. The molecule has 8 heteroatoms. The van der Waals surface area contributed by atoms with Crippen LogP contribution in [0.15, 0.2) is 23.1 Å². The molecule has 0 bridgehead atoms. The van der Waals surface area contributed by atoms with Crippen LogP contribution >= 0.6 is 0 Å². The lowest BCUT2D eigenvalue weighted by molar-refractivity contribution is -0.121. The number of primary sulfonamides is 1. The number of rotatable bonds is 6. The number of carbonyl (C=O) groups is 1. The monoisotopic (exact) mass is 317 g/mol. The highest BCUT2D eigenvalue weighted by atomic mass is 32.2. The largest absolute Gasteiger partial charge is 0.372 e. The second-order valence-electron chi connectivity index (χ2n) is 5.19. The summed E-state index contributed by atoms with van der Waals surface area (Å²) in [5.74, 6) is -0.740. The SMILES string of the molecule is CC(C)CNC(=O)C(C)Nc1ccc(S(N)(=O)=O)cc1F. The van der Waals surface area contributed by atoms with Gasteiger partial charge in [0.2, 0.25) is 15.9 Å². The Kier molecular flexibility index (Phi) is 5.68. The van der Waals surface area contributed by atoms with Gasteiger partial charge in [-0.3, -0.25) is 4.79 Å². The van der Waals surface area contributed by atoms with E-state index in [4.69, 9.17) is 5.14 Å². The van der Waals surface area contributed by atoms with Gasteiger partial charge in [0.1, 0.15) is 11.9 Å². The Labute approximate surface area is 124 Å². The molecule has 118 valence electrons. The first-order chi connectivity index (χ1) is 9.61. The third kappa shape index (κ3) is 5.31. The third-order valence-electron chi connectivity index (χ3n) is 2.72. The molecule has 4 N–H and O–H groups in total. The van der Waals surface area contributed by atoms with E-state index in [-0.39, 0.29) is 16.5 Å². The quantitative estimate of drug-likeness (QED) is 0.730. The molecule has 1 aromatic carbocycles. The minimum Gasteiger partial charge on any atom is -0.372 e. The van der Waals surface area contributed by atoms with Crippen LogP contribution in [0.25, 0.3) is 0 Å². The predicted octanol–water partition coefficient (Wildman–Crippen LogP) is 1.05. The van der Waals surface area contributed by atoms with Crippen molar-refractivity contribution in [2.75, 3.05) is 11.9 Å². The normalized spacial score (nSPS) is 13.0. The number of sulfonamides is 1. The van der Waals surface area contributed by atoms with E-state index in [1.807, 2.05) is 13.8 Å². The van der Waals surface area contributed by atoms with Crippen LogP contribution < -0.4 is 15.8 Å². The topological polar surface area (TPSA) is 101 Å². The van der Waals surface area contributed by atoms with Gasteiger partial charge in [0.05, 0.1) is 10.6 Å². The maximum absolute atomic E-state index is 13.8. The zero-order chi connectivity index (χ0) is 16.2. The average Bonchev–Trinajstić information content (AvgIpc) is 2.36. The molecule has 1 unspecified atom stereocenters. The van der Waals surface area contributed by atoms with E-state index in [9.17, 15) is 17.6 Å². The molecule has 1 atom stereocenters. The van der Waals surface area contributed by atoms with E-state index in [0.717, 1.165) is 6.07 Å². The molecule has 0 fully saturated rings. The number of anilines is 1. The molecule has 0 aliphatic carbocycles. The van der Waals surface area contributed by atoms with Gasteiger partial charge in [-0.1, -0.05) is 13.8 Å². The van der Waals surface area contributed by atoms with Gasteiger partial charge in [-0.05, 0) is 31.0 Å². The van der Waals surface area contributed by atoms with Crippen LogP contribution in [0, 0.1) is 11.7 Å². The summed E-state index contributed by atoms with van der Waals surface area (Å²) in [7, 11) is -3.95. The smallest absolute Gasteiger partial charge is 0.242 e. The van der Waals surface area contributed by atoms with Crippen LogP contribution in [-0.2, 0) is 14.8 Å². The number of halogens is 1. The first kappa shape index (κ1) is 17.4. The van der Waals surface area contributed by atoms with Crippen molar-refractivity contribution in [3.05, 3.63) is 24.0 Å². The molecule has 0 saturated heterocycles. The zero-order valence-corrected chi connectivity index (χ0v) is 13.0. The zero-order valence-electron chi connectivity index (χ0n) is 12.2. The molecule has 1 rings (SSSR count). The lowest BCUT2D eigenvalue weighted by atomic mass is 10.2. The summed E-state index contributed by atoms with van der Waals surface area (Å²) in [5, 5.41) is 10.3. The Bertz CT molecular complexity index is 617. The third-order valence-corrected chi connectivity index (χ3v) is 3.63. The van der Waals surface area contributed by atoms with Crippen molar-refractivity contribution in [1.82, 2.24) is 5.32 Å². The Morgan fingerprint density at radius 3 is 2.43 bits per heavy atom. The summed E-state index contributed by atoms with van der Waals surface area (Å²) < 4.78 is 36.0. The molecule has 21 heavy (non-hydrogen) atoms. The van der Waals surface area contributed by atoms with E-state index < -0.39 is 21.9 Å². The fourth-order valence-electron chi connectivity index (χ4n) is 1.55. The molecule has 0 aromatic heterocycles. The van der Waals surface area contributed by atoms with Gasteiger partial charge < -0.3 is 10.6 Å². The van der Waals surface area contributed by atoms with Crippen molar-refractivity contribution in [3.8, 4) is 0 Å². The van der Waals surface area contributed by atoms with E-state index in [2.05, 4.69) is 10.6 Å². The maximum Gasteiger partial charge on any atom is 0.242 e. The van der Waals surface area contributed by atoms with E-state index >= 15 is 0 Å². The average molecular weight is 317 g/mol. The highest BCUT2D eigenvalue weighted by molar-refractivity contribution is 7.89. The number of hydrogen-bond donors (Lipinski definition) is 3. The minimum absolute atomic E-state index is 0.0367. The van der Waals surface area contributed by atoms with Gasteiger partial charge in [-0.25, -0.2) is 17.9 Å². The van der Waals surface area contributed by atoms with E-state index in [1.165, 1.54) is 12.1 Å². The summed E-state index contributed by atoms with van der Waals surface area (Å²) in [4.78, 5) is 11.5. The lowest BCUT2D eigenvalue weighted by Gasteiger charge is -2.17. The molecule has 0 spiro atoms. The van der Waals surface area contributed by atoms with Gasteiger partial charge in [0, 0.05) is 6.54 Å². The number of nitrogens with two attached hydrogens (primary N) is 1. The number of carbonyl (C=O) groups excluding carboxylic acids is 1. The molecule has 1 amide bonds. The molecule has 0 aliphatic heterocycles. The van der Waals surface area contributed by atoms with Crippen LogP contribution in [0.5, 0.6) is 0 Å². The van der Waals surface area contributed by atoms with E-state index in [0.29, 0.717) is 12.5 Å². The maximum atomic E-state index is 13.8. The van der Waals surface area contributed by atoms with Crippen molar-refractivity contribution in [3.63, 3.8) is 0 Å². The Morgan fingerprint density at radius 2 is 1.95 bits per heavy atom. The summed E-state index contributed by atoms with van der Waals surface area (Å²) in [6, 6.07) is 2.58. The molecule has 0 saturated carbocycles. The Balaban J connectivity index is 2.77. The minimum atomic E-state index is -3.95. The van der Waals surface area contributed by atoms with Crippen molar-refractivity contribution < 1.29 is 17.6 Å². The predicted molar refractivity (Wildman–Crippen MR) is 78.7 cm³/mol. The first-order valence-corrected chi connectivity index (χ1v) is 8.02. The molecular weight excluding hydrogens is 297 g/mol. The van der Waals surface area contributed by atoms with E-state index in [1.54, 1.807) is 6.92 Å². The Morgan fingerprint density at radius 1 is 1.33 bits per heavy atom. The number of hydrogen-bond acceptors (Lipinski definition) is 4.